The molecule has 3 rings (SSSR count). The molecule has 0 unspecified atom stereocenters. The first-order valence-electron chi connectivity index (χ1n) is 9.31. The molecular formula is C23H21FN2O4. The molecule has 3 aromatic carbocycles. The second-order valence-electron chi connectivity index (χ2n) is 6.43. The van der Waals surface area contributed by atoms with Gasteiger partial charge in [-0.05, 0) is 48.9 Å². The molecule has 0 aromatic heterocycles. The number of para-hydroxylation sites is 1. The van der Waals surface area contributed by atoms with Gasteiger partial charge < -0.3 is 9.47 Å². The van der Waals surface area contributed by atoms with Crippen LogP contribution < -0.4 is 20.3 Å². The standard InChI is InChI=1S/C23H21FN2O4/c1-16(30-21-10-6-5-9-20(21)24)22(27)25-26-23(28)18-11-13-19(14-12-18)29-15-17-7-3-2-4-8-17/h2-14,16H,15H2,1H3,(H,25,27)(H,26,28)/t16-/m1/s1. The van der Waals surface area contributed by atoms with Crippen molar-refractivity contribution in [3.63, 3.8) is 0 Å². The van der Waals surface area contributed by atoms with Gasteiger partial charge >= 0.3 is 0 Å². The number of nitrogens with one attached hydrogen (secondary N) is 2. The molecule has 0 aliphatic carbocycles. The molecule has 0 aliphatic rings. The zero-order valence-electron chi connectivity index (χ0n) is 16.3. The average molecular weight is 408 g/mol. The van der Waals surface area contributed by atoms with Crippen LogP contribution in [0.2, 0.25) is 0 Å². The van der Waals surface area contributed by atoms with Gasteiger partial charge in [-0.3, -0.25) is 20.4 Å². The Balaban J connectivity index is 1.47. The molecule has 0 radical (unpaired) electrons. The molecule has 3 aromatic rings. The number of hydrogen-bond acceptors (Lipinski definition) is 4. The summed E-state index contributed by atoms with van der Waals surface area (Å²) in [5.41, 5.74) is 5.94. The van der Waals surface area contributed by atoms with Gasteiger partial charge in [-0.2, -0.15) is 0 Å². The van der Waals surface area contributed by atoms with Crippen LogP contribution in [0.25, 0.3) is 0 Å². The van der Waals surface area contributed by atoms with Crippen LogP contribution in [-0.2, 0) is 11.4 Å². The van der Waals surface area contributed by atoms with E-state index in [4.69, 9.17) is 9.47 Å². The lowest BCUT2D eigenvalue weighted by Crippen LogP contribution is -2.47. The van der Waals surface area contributed by atoms with E-state index in [1.807, 2.05) is 30.3 Å². The number of halogens is 1. The lowest BCUT2D eigenvalue weighted by Gasteiger charge is -2.15. The zero-order chi connectivity index (χ0) is 21.3. The van der Waals surface area contributed by atoms with Crippen LogP contribution >= 0.6 is 0 Å². The number of benzene rings is 3. The molecule has 2 N–H and O–H groups in total. The first-order chi connectivity index (χ1) is 14.5. The number of carbonyl (C=O) groups excluding carboxylic acids is 2. The van der Waals surface area contributed by atoms with Crippen LogP contribution in [0, 0.1) is 5.82 Å². The Morgan fingerprint density at radius 3 is 2.27 bits per heavy atom. The largest absolute Gasteiger partial charge is 0.489 e. The van der Waals surface area contributed by atoms with E-state index in [2.05, 4.69) is 10.9 Å². The van der Waals surface area contributed by atoms with Crippen molar-refractivity contribution >= 4 is 11.8 Å². The van der Waals surface area contributed by atoms with Crippen molar-refractivity contribution in [1.29, 1.82) is 0 Å². The maximum atomic E-state index is 13.6. The monoisotopic (exact) mass is 408 g/mol. The van der Waals surface area contributed by atoms with Crippen molar-refractivity contribution in [2.75, 3.05) is 0 Å². The molecule has 2 amide bonds. The number of rotatable bonds is 7. The SMILES string of the molecule is C[C@@H](Oc1ccccc1F)C(=O)NNC(=O)c1ccc(OCc2ccccc2)cc1. The van der Waals surface area contributed by atoms with Gasteiger partial charge in [0.25, 0.3) is 11.8 Å². The maximum absolute atomic E-state index is 13.6. The minimum absolute atomic E-state index is 0.0439. The molecule has 0 saturated heterocycles. The van der Waals surface area contributed by atoms with E-state index < -0.39 is 23.7 Å². The summed E-state index contributed by atoms with van der Waals surface area (Å²) in [4.78, 5) is 24.3. The van der Waals surface area contributed by atoms with Gasteiger partial charge in [0, 0.05) is 5.56 Å². The molecule has 0 bridgehead atoms. The fraction of sp³-hybridized carbons (Fsp3) is 0.130. The first kappa shape index (κ1) is 20.9. The highest BCUT2D eigenvalue weighted by Crippen LogP contribution is 2.17. The van der Waals surface area contributed by atoms with Crippen LogP contribution in [0.3, 0.4) is 0 Å². The van der Waals surface area contributed by atoms with E-state index in [0.717, 1.165) is 5.56 Å². The van der Waals surface area contributed by atoms with Gasteiger partial charge in [0.2, 0.25) is 0 Å². The summed E-state index contributed by atoms with van der Waals surface area (Å²) in [6, 6.07) is 22.0. The van der Waals surface area contributed by atoms with Gasteiger partial charge in [-0.1, -0.05) is 42.5 Å². The van der Waals surface area contributed by atoms with Gasteiger partial charge in [0.15, 0.2) is 17.7 Å². The molecule has 154 valence electrons. The number of ether oxygens (including phenoxy) is 2. The highest BCUT2D eigenvalue weighted by molar-refractivity contribution is 5.95. The minimum Gasteiger partial charge on any atom is -0.489 e. The Labute approximate surface area is 173 Å². The maximum Gasteiger partial charge on any atom is 0.279 e. The molecule has 0 saturated carbocycles. The lowest BCUT2D eigenvalue weighted by atomic mass is 10.2. The van der Waals surface area contributed by atoms with Crippen molar-refractivity contribution < 1.29 is 23.5 Å². The summed E-state index contributed by atoms with van der Waals surface area (Å²) < 4.78 is 24.5. The molecule has 0 aliphatic heterocycles. The smallest absolute Gasteiger partial charge is 0.279 e. The van der Waals surface area contributed by atoms with Crippen molar-refractivity contribution in [2.45, 2.75) is 19.6 Å². The Hall–Kier alpha value is -3.87. The van der Waals surface area contributed by atoms with Crippen LogP contribution in [0.15, 0.2) is 78.9 Å². The third-order valence-electron chi connectivity index (χ3n) is 4.17. The third kappa shape index (κ3) is 5.81. The fourth-order valence-electron chi connectivity index (χ4n) is 2.52. The van der Waals surface area contributed by atoms with Crippen LogP contribution in [0.5, 0.6) is 11.5 Å². The van der Waals surface area contributed by atoms with E-state index >= 15 is 0 Å². The van der Waals surface area contributed by atoms with Crippen molar-refractivity contribution in [2.24, 2.45) is 0 Å². The summed E-state index contributed by atoms with van der Waals surface area (Å²) >= 11 is 0. The van der Waals surface area contributed by atoms with Crippen molar-refractivity contribution in [1.82, 2.24) is 10.9 Å². The van der Waals surface area contributed by atoms with E-state index in [1.165, 1.54) is 25.1 Å². The number of hydrogen-bond donors (Lipinski definition) is 2. The van der Waals surface area contributed by atoms with E-state index in [0.29, 0.717) is 17.9 Å². The average Bonchev–Trinajstić information content (AvgIpc) is 2.78. The predicted octanol–water partition coefficient (Wildman–Crippen LogP) is 3.63. The highest BCUT2D eigenvalue weighted by Gasteiger charge is 2.17. The lowest BCUT2D eigenvalue weighted by molar-refractivity contribution is -0.128. The zero-order valence-corrected chi connectivity index (χ0v) is 16.3. The molecular weight excluding hydrogens is 387 g/mol. The molecule has 0 heterocycles. The second kappa shape index (κ2) is 10.1. The number of amides is 2. The van der Waals surface area contributed by atoms with Crippen molar-refractivity contribution in [3.8, 4) is 11.5 Å². The van der Waals surface area contributed by atoms with Crippen molar-refractivity contribution in [3.05, 3.63) is 95.8 Å². The Kier molecular flexibility index (Phi) is 7.00. The summed E-state index contributed by atoms with van der Waals surface area (Å²) in [7, 11) is 0. The van der Waals surface area contributed by atoms with Gasteiger partial charge in [-0.25, -0.2) is 4.39 Å². The van der Waals surface area contributed by atoms with Gasteiger partial charge in [0.05, 0.1) is 0 Å². The van der Waals surface area contributed by atoms with E-state index in [1.54, 1.807) is 30.3 Å². The summed E-state index contributed by atoms with van der Waals surface area (Å²) in [6.45, 7) is 1.87. The first-order valence-corrected chi connectivity index (χ1v) is 9.31. The molecule has 6 nitrogen and oxygen atoms in total. The van der Waals surface area contributed by atoms with Crippen LogP contribution in [0.4, 0.5) is 4.39 Å². The van der Waals surface area contributed by atoms with Gasteiger partial charge in [-0.15, -0.1) is 0 Å². The Morgan fingerprint density at radius 2 is 1.57 bits per heavy atom. The van der Waals surface area contributed by atoms with Gasteiger partial charge in [0.1, 0.15) is 12.4 Å². The Morgan fingerprint density at radius 1 is 0.900 bits per heavy atom. The number of carbonyl (C=O) groups is 2. The number of hydrazine groups is 1. The molecule has 1 atom stereocenters. The molecule has 0 fully saturated rings. The highest BCUT2D eigenvalue weighted by atomic mass is 19.1. The van der Waals surface area contributed by atoms with Crippen LogP contribution in [0.1, 0.15) is 22.8 Å². The topological polar surface area (TPSA) is 76.7 Å². The minimum atomic E-state index is -1.00. The van der Waals surface area contributed by atoms with E-state index in [-0.39, 0.29) is 5.75 Å². The summed E-state index contributed by atoms with van der Waals surface area (Å²) in [6.07, 6.45) is -1.00. The fourth-order valence-corrected chi connectivity index (χ4v) is 2.52. The second-order valence-corrected chi connectivity index (χ2v) is 6.43. The summed E-state index contributed by atoms with van der Waals surface area (Å²) in [5, 5.41) is 0. The quantitative estimate of drug-likeness (QED) is 0.586. The Bertz CT molecular complexity index is 994. The molecule has 7 heteroatoms. The summed E-state index contributed by atoms with van der Waals surface area (Å²) in [5.74, 6) is -1.12. The molecule has 0 spiro atoms. The van der Waals surface area contributed by atoms with E-state index in [9.17, 15) is 14.0 Å². The third-order valence-corrected chi connectivity index (χ3v) is 4.17. The predicted molar refractivity (Wildman–Crippen MR) is 109 cm³/mol. The van der Waals surface area contributed by atoms with Crippen LogP contribution in [-0.4, -0.2) is 17.9 Å². The molecule has 30 heavy (non-hydrogen) atoms. The normalized spacial score (nSPS) is 11.3.